The number of hydrogen-bond acceptors (Lipinski definition) is 6. The summed E-state index contributed by atoms with van der Waals surface area (Å²) < 4.78 is 56.0. The van der Waals surface area contributed by atoms with E-state index < -0.39 is 18.0 Å². The number of hydrogen-bond donors (Lipinski definition) is 1. The lowest BCUT2D eigenvalue weighted by molar-refractivity contribution is -0.192. The third kappa shape index (κ3) is 6.49. The number of aromatic nitrogens is 2. The molecule has 2 fully saturated rings. The molecule has 0 aromatic carbocycles. The van der Waals surface area contributed by atoms with Crippen LogP contribution in [0.15, 0.2) is 12.4 Å². The predicted octanol–water partition coefficient (Wildman–Crippen LogP) is 2.91. The van der Waals surface area contributed by atoms with Crippen LogP contribution in [-0.2, 0) is 14.3 Å². The normalized spacial score (nSPS) is 21.4. The molecular weight excluding hydrogens is 398 g/mol. The first-order valence-electron chi connectivity index (χ1n) is 9.36. The number of aliphatic carboxylic acids is 1. The number of anilines is 1. The van der Waals surface area contributed by atoms with Crippen LogP contribution in [0.1, 0.15) is 26.2 Å². The highest BCUT2D eigenvalue weighted by Gasteiger charge is 2.43. The van der Waals surface area contributed by atoms with Crippen molar-refractivity contribution in [3.8, 4) is 0 Å². The Morgan fingerprint density at radius 3 is 2.41 bits per heavy atom. The van der Waals surface area contributed by atoms with Crippen molar-refractivity contribution < 1.29 is 36.9 Å². The van der Waals surface area contributed by atoms with Crippen molar-refractivity contribution in [1.82, 2.24) is 9.97 Å². The summed E-state index contributed by atoms with van der Waals surface area (Å²) in [7, 11) is 0. The number of carbonyl (C=O) groups is 1. The number of ether oxygens (including phenoxy) is 2. The number of piperidine rings is 1. The Balaban J connectivity index is 0.000000370. The topological polar surface area (TPSA) is 84.8 Å². The molecule has 2 aliphatic heterocycles. The van der Waals surface area contributed by atoms with E-state index in [1.807, 2.05) is 6.92 Å². The summed E-state index contributed by atoms with van der Waals surface area (Å²) in [6.07, 6.45) is 0.671. The van der Waals surface area contributed by atoms with Crippen LogP contribution in [-0.4, -0.2) is 66.7 Å². The molecule has 29 heavy (non-hydrogen) atoms. The number of rotatable bonds is 4. The van der Waals surface area contributed by atoms with Crippen LogP contribution >= 0.6 is 0 Å². The maximum Gasteiger partial charge on any atom is 0.490 e. The van der Waals surface area contributed by atoms with Crippen molar-refractivity contribution in [2.24, 2.45) is 11.3 Å². The van der Waals surface area contributed by atoms with Crippen LogP contribution in [0.4, 0.5) is 23.5 Å². The average molecular weight is 423 g/mol. The van der Waals surface area contributed by atoms with E-state index in [1.165, 1.54) is 12.4 Å². The highest BCUT2D eigenvalue weighted by atomic mass is 19.4. The monoisotopic (exact) mass is 423 g/mol. The van der Waals surface area contributed by atoms with Gasteiger partial charge in [0.15, 0.2) is 5.82 Å². The molecule has 2 saturated heterocycles. The SMILES string of the molecule is CCOCC1COCCC12CCN(c1ncc(F)cn1)CC2.O=C(O)C(F)(F)F. The minimum absolute atomic E-state index is 0.309. The quantitative estimate of drug-likeness (QED) is 0.746. The first kappa shape index (κ1) is 23.3. The predicted molar refractivity (Wildman–Crippen MR) is 95.0 cm³/mol. The molecule has 3 rings (SSSR count). The fourth-order valence-corrected chi connectivity index (χ4v) is 3.65. The highest BCUT2D eigenvalue weighted by molar-refractivity contribution is 5.73. The molecule has 164 valence electrons. The van der Waals surface area contributed by atoms with Crippen LogP contribution in [0.3, 0.4) is 0 Å². The summed E-state index contributed by atoms with van der Waals surface area (Å²) in [5.74, 6) is -2.05. The molecule has 0 amide bonds. The smallest absolute Gasteiger partial charge is 0.475 e. The summed E-state index contributed by atoms with van der Waals surface area (Å²) in [6, 6.07) is 0. The minimum Gasteiger partial charge on any atom is -0.475 e. The Bertz CT molecular complexity index is 650. The summed E-state index contributed by atoms with van der Waals surface area (Å²) >= 11 is 0. The fourth-order valence-electron chi connectivity index (χ4n) is 3.65. The zero-order chi connectivity index (χ0) is 21.5. The van der Waals surface area contributed by atoms with Crippen LogP contribution in [0, 0.1) is 17.2 Å². The number of nitrogens with zero attached hydrogens (tertiary/aromatic N) is 3. The largest absolute Gasteiger partial charge is 0.490 e. The zero-order valence-corrected chi connectivity index (χ0v) is 16.1. The fraction of sp³-hybridized carbons (Fsp3) is 0.722. The van der Waals surface area contributed by atoms with Gasteiger partial charge in [-0.3, -0.25) is 0 Å². The Morgan fingerprint density at radius 2 is 1.90 bits per heavy atom. The zero-order valence-electron chi connectivity index (χ0n) is 16.1. The third-order valence-electron chi connectivity index (χ3n) is 5.34. The molecule has 1 unspecified atom stereocenters. The third-order valence-corrected chi connectivity index (χ3v) is 5.34. The molecule has 0 saturated carbocycles. The van der Waals surface area contributed by atoms with E-state index in [0.29, 0.717) is 17.3 Å². The second kappa shape index (κ2) is 10.1. The van der Waals surface area contributed by atoms with Crippen molar-refractivity contribution in [2.75, 3.05) is 44.4 Å². The van der Waals surface area contributed by atoms with Gasteiger partial charge in [-0.15, -0.1) is 0 Å². The molecule has 1 atom stereocenters. The standard InChI is InChI=1S/C16H24FN3O2.C2HF3O2/c1-2-21-11-13-12-22-8-5-16(13)3-6-20(7-4-16)15-18-9-14(17)10-19-15;3-2(4,5)1(6)7/h9-10,13H,2-8,11-12H2,1H3;(H,6,7). The van der Waals surface area contributed by atoms with Gasteiger partial charge in [0.25, 0.3) is 0 Å². The van der Waals surface area contributed by atoms with Gasteiger partial charge in [-0.1, -0.05) is 0 Å². The molecule has 1 N–H and O–H groups in total. The van der Waals surface area contributed by atoms with Crippen LogP contribution < -0.4 is 4.90 Å². The molecule has 3 heterocycles. The van der Waals surface area contributed by atoms with Gasteiger partial charge in [-0.2, -0.15) is 13.2 Å². The summed E-state index contributed by atoms with van der Waals surface area (Å²) in [4.78, 5) is 19.2. The molecule has 7 nitrogen and oxygen atoms in total. The van der Waals surface area contributed by atoms with E-state index in [1.54, 1.807) is 0 Å². The van der Waals surface area contributed by atoms with Gasteiger partial charge in [-0.05, 0) is 31.6 Å². The lowest BCUT2D eigenvalue weighted by Gasteiger charge is -2.49. The summed E-state index contributed by atoms with van der Waals surface area (Å²) in [6.45, 7) is 7.03. The van der Waals surface area contributed by atoms with E-state index in [9.17, 15) is 17.6 Å². The molecule has 11 heteroatoms. The van der Waals surface area contributed by atoms with Gasteiger partial charge in [-0.25, -0.2) is 19.2 Å². The first-order valence-corrected chi connectivity index (χ1v) is 9.36. The maximum atomic E-state index is 12.9. The van der Waals surface area contributed by atoms with Crippen molar-refractivity contribution in [2.45, 2.75) is 32.4 Å². The van der Waals surface area contributed by atoms with Crippen molar-refractivity contribution in [3.63, 3.8) is 0 Å². The molecule has 1 aromatic rings. The van der Waals surface area contributed by atoms with E-state index in [4.69, 9.17) is 19.4 Å². The van der Waals surface area contributed by atoms with Crippen molar-refractivity contribution >= 4 is 11.9 Å². The van der Waals surface area contributed by atoms with Crippen LogP contribution in [0.25, 0.3) is 0 Å². The van der Waals surface area contributed by atoms with Gasteiger partial charge in [0, 0.05) is 32.2 Å². The molecule has 0 radical (unpaired) electrons. The second-order valence-corrected chi connectivity index (χ2v) is 7.03. The lowest BCUT2D eigenvalue weighted by Crippen LogP contribution is -2.49. The maximum absolute atomic E-state index is 12.9. The number of carboxylic acid groups (broad SMARTS) is 1. The van der Waals surface area contributed by atoms with Crippen LogP contribution in [0.2, 0.25) is 0 Å². The summed E-state index contributed by atoms with van der Waals surface area (Å²) in [5, 5.41) is 7.12. The van der Waals surface area contributed by atoms with E-state index in [0.717, 1.165) is 58.8 Å². The number of carboxylic acids is 1. The molecule has 2 aliphatic rings. The Labute approximate surface area is 166 Å². The highest BCUT2D eigenvalue weighted by Crippen LogP contribution is 2.45. The molecule has 0 aliphatic carbocycles. The number of alkyl halides is 3. The van der Waals surface area contributed by atoms with Crippen molar-refractivity contribution in [3.05, 3.63) is 18.2 Å². The Hall–Kier alpha value is -2.01. The Kier molecular flexibility index (Phi) is 8.14. The minimum atomic E-state index is -5.08. The molecule has 1 spiro atoms. The lowest BCUT2D eigenvalue weighted by atomic mass is 9.66. The van der Waals surface area contributed by atoms with Crippen LogP contribution in [0.5, 0.6) is 0 Å². The van der Waals surface area contributed by atoms with Gasteiger partial charge < -0.3 is 19.5 Å². The van der Waals surface area contributed by atoms with E-state index in [-0.39, 0.29) is 0 Å². The van der Waals surface area contributed by atoms with Crippen molar-refractivity contribution in [1.29, 1.82) is 0 Å². The first-order chi connectivity index (χ1) is 13.7. The van der Waals surface area contributed by atoms with Gasteiger partial charge in [0.2, 0.25) is 5.95 Å². The van der Waals surface area contributed by atoms with Gasteiger partial charge in [0.05, 0.1) is 25.6 Å². The Morgan fingerprint density at radius 1 is 1.31 bits per heavy atom. The summed E-state index contributed by atoms with van der Waals surface area (Å²) in [5.41, 5.74) is 0.309. The average Bonchev–Trinajstić information content (AvgIpc) is 2.68. The van der Waals surface area contributed by atoms with Gasteiger partial charge >= 0.3 is 12.1 Å². The molecule has 0 bridgehead atoms. The van der Waals surface area contributed by atoms with E-state index >= 15 is 0 Å². The van der Waals surface area contributed by atoms with Gasteiger partial charge in [0.1, 0.15) is 0 Å². The second-order valence-electron chi connectivity index (χ2n) is 7.03. The molecular formula is C18H25F4N3O4. The number of halogens is 4. The molecule has 1 aromatic heterocycles. The van der Waals surface area contributed by atoms with E-state index in [2.05, 4.69) is 14.9 Å².